The Morgan fingerprint density at radius 1 is 0.950 bits per heavy atom. The number of aromatic nitrogens is 1. The number of ether oxygens (including phenoxy) is 5. The maximum Gasteiger partial charge on any atom is 0.514 e. The third-order valence-electron chi connectivity index (χ3n) is 6.33. The number of hydrogen-bond donors (Lipinski definition) is 0. The smallest absolute Gasteiger partial charge is 0.497 e. The zero-order chi connectivity index (χ0) is 28.7. The van der Waals surface area contributed by atoms with Crippen molar-refractivity contribution in [2.45, 2.75) is 64.5 Å². The molecule has 214 valence electrons. The highest BCUT2D eigenvalue weighted by Crippen LogP contribution is 2.34. The normalized spacial score (nSPS) is 14.8. The molecule has 0 aliphatic heterocycles. The van der Waals surface area contributed by atoms with Gasteiger partial charge in [0, 0.05) is 10.9 Å². The summed E-state index contributed by atoms with van der Waals surface area (Å²) < 4.78 is 29.1. The van der Waals surface area contributed by atoms with E-state index in [2.05, 4.69) is 0 Å². The minimum atomic E-state index is -0.799. The number of carbonyl (C=O) groups is 1. The molecule has 0 spiro atoms. The molecule has 2 aromatic carbocycles. The zero-order valence-electron chi connectivity index (χ0n) is 23.9. The van der Waals surface area contributed by atoms with Crippen LogP contribution in [0.25, 0.3) is 11.3 Å². The van der Waals surface area contributed by atoms with Gasteiger partial charge in [-0.2, -0.15) is 5.10 Å². The first-order valence-corrected chi connectivity index (χ1v) is 14.2. The van der Waals surface area contributed by atoms with Crippen LogP contribution < -0.4 is 23.7 Å². The molecule has 0 bridgehead atoms. The maximum atomic E-state index is 12.2. The summed E-state index contributed by atoms with van der Waals surface area (Å²) in [6, 6.07) is 11.2. The number of hydrogen-bond acceptors (Lipinski definition) is 9. The zero-order valence-corrected chi connectivity index (χ0v) is 24.7. The van der Waals surface area contributed by atoms with E-state index in [1.165, 1.54) is 26.4 Å². The molecule has 0 unspecified atom stereocenters. The molecule has 1 saturated carbocycles. The summed E-state index contributed by atoms with van der Waals surface area (Å²) in [7, 11) is 4.80. The van der Waals surface area contributed by atoms with Gasteiger partial charge < -0.3 is 23.7 Å². The van der Waals surface area contributed by atoms with Crippen molar-refractivity contribution in [2.24, 2.45) is 10.1 Å². The van der Waals surface area contributed by atoms with Gasteiger partial charge in [0.05, 0.1) is 39.3 Å². The van der Waals surface area contributed by atoms with Gasteiger partial charge in [0.2, 0.25) is 4.80 Å². The second-order valence-corrected chi connectivity index (χ2v) is 11.3. The molecular formula is C30H37N3O6S. The number of thiazole rings is 1. The van der Waals surface area contributed by atoms with Crippen LogP contribution in [0.5, 0.6) is 23.0 Å². The molecule has 9 nitrogen and oxygen atoms in total. The molecule has 40 heavy (non-hydrogen) atoms. The van der Waals surface area contributed by atoms with Gasteiger partial charge in [-0.05, 0) is 75.6 Å². The molecule has 1 aliphatic rings. The molecule has 10 heteroatoms. The second kappa shape index (κ2) is 13.0. The fraction of sp³-hybridized carbons (Fsp3) is 0.433. The van der Waals surface area contributed by atoms with Crippen LogP contribution in [0.15, 0.2) is 51.9 Å². The quantitative estimate of drug-likeness (QED) is 0.171. The summed E-state index contributed by atoms with van der Waals surface area (Å²) >= 11 is 1.54. The first-order valence-electron chi connectivity index (χ1n) is 13.3. The van der Waals surface area contributed by atoms with E-state index in [1.807, 2.05) is 28.3 Å². The Labute approximate surface area is 239 Å². The van der Waals surface area contributed by atoms with Crippen molar-refractivity contribution in [2.75, 3.05) is 21.3 Å². The van der Waals surface area contributed by atoms with Gasteiger partial charge in [-0.15, -0.1) is 11.3 Å². The van der Waals surface area contributed by atoms with Crippen molar-refractivity contribution in [1.29, 1.82) is 0 Å². The Morgan fingerprint density at radius 2 is 1.68 bits per heavy atom. The summed E-state index contributed by atoms with van der Waals surface area (Å²) in [5, 5.41) is 6.88. The lowest BCUT2D eigenvalue weighted by molar-refractivity contribution is 0.0201. The summed E-state index contributed by atoms with van der Waals surface area (Å²) in [5.41, 5.74) is 1.76. The number of carbonyl (C=O) groups excluding carboxylic acids is 1. The Balaban J connectivity index is 1.72. The number of methoxy groups -OCH3 is 3. The van der Waals surface area contributed by atoms with Crippen molar-refractivity contribution >= 4 is 23.7 Å². The molecular weight excluding hydrogens is 530 g/mol. The number of rotatable bonds is 8. The van der Waals surface area contributed by atoms with E-state index < -0.39 is 11.8 Å². The number of benzene rings is 2. The van der Waals surface area contributed by atoms with Gasteiger partial charge in [0.25, 0.3) is 0 Å². The van der Waals surface area contributed by atoms with Crippen molar-refractivity contribution in [3.05, 3.63) is 52.1 Å². The van der Waals surface area contributed by atoms with Crippen LogP contribution in [0.1, 0.15) is 58.4 Å². The molecule has 0 atom stereocenters. The van der Waals surface area contributed by atoms with Gasteiger partial charge in [0.1, 0.15) is 17.1 Å². The molecule has 1 aliphatic carbocycles. The van der Waals surface area contributed by atoms with Crippen LogP contribution in [0, 0.1) is 0 Å². The third kappa shape index (κ3) is 7.44. The van der Waals surface area contributed by atoms with E-state index in [4.69, 9.17) is 33.8 Å². The first-order chi connectivity index (χ1) is 19.2. The summed E-state index contributed by atoms with van der Waals surface area (Å²) in [6.45, 7) is 5.33. The monoisotopic (exact) mass is 567 g/mol. The topological polar surface area (TPSA) is 92.9 Å². The summed E-state index contributed by atoms with van der Waals surface area (Å²) in [6.07, 6.45) is 6.73. The average Bonchev–Trinajstić information content (AvgIpc) is 3.33. The average molecular weight is 568 g/mol. The van der Waals surface area contributed by atoms with Gasteiger partial charge >= 0.3 is 6.16 Å². The van der Waals surface area contributed by atoms with E-state index in [0.717, 1.165) is 34.5 Å². The molecule has 1 fully saturated rings. The van der Waals surface area contributed by atoms with Crippen molar-refractivity contribution in [1.82, 2.24) is 4.68 Å². The van der Waals surface area contributed by atoms with Crippen LogP contribution in [-0.2, 0) is 4.74 Å². The van der Waals surface area contributed by atoms with Crippen LogP contribution in [0.3, 0.4) is 0 Å². The Bertz CT molecular complexity index is 1410. The second-order valence-electron chi connectivity index (χ2n) is 10.4. The lowest BCUT2D eigenvalue weighted by Crippen LogP contribution is -2.26. The SMILES string of the molecule is COc1ccc(OC)c(-c2csc(=NC3CCCCC3)n2N=Cc2ccc(OC(=O)OC(C)(C)C)c(OC)c2)c1. The Kier molecular flexibility index (Phi) is 9.52. The van der Waals surface area contributed by atoms with E-state index in [9.17, 15) is 4.79 Å². The highest BCUT2D eigenvalue weighted by atomic mass is 32.1. The predicted molar refractivity (Wildman–Crippen MR) is 156 cm³/mol. The summed E-state index contributed by atoms with van der Waals surface area (Å²) in [5.74, 6) is 2.06. The van der Waals surface area contributed by atoms with Gasteiger partial charge in [-0.3, -0.25) is 4.99 Å². The molecule has 1 aromatic heterocycles. The van der Waals surface area contributed by atoms with Crippen molar-refractivity contribution in [3.63, 3.8) is 0 Å². The van der Waals surface area contributed by atoms with E-state index >= 15 is 0 Å². The molecule has 1 heterocycles. The standard InChI is InChI=1S/C30H37N3O6S/c1-30(2,3)39-29(34)38-26-14-12-20(16-27(26)37-6)18-31-33-24(23-17-22(35-4)13-15-25(23)36-5)19-40-28(33)32-21-10-8-7-9-11-21/h12-19,21H,7-11H2,1-6H3. The molecule has 0 amide bonds. The Hall–Kier alpha value is -3.79. The first kappa shape index (κ1) is 29.2. The van der Waals surface area contributed by atoms with E-state index in [0.29, 0.717) is 17.2 Å². The van der Waals surface area contributed by atoms with Crippen molar-refractivity contribution in [3.8, 4) is 34.3 Å². The Morgan fingerprint density at radius 3 is 2.35 bits per heavy atom. The van der Waals surface area contributed by atoms with Gasteiger partial charge in [-0.25, -0.2) is 9.47 Å². The van der Waals surface area contributed by atoms with Gasteiger partial charge in [-0.1, -0.05) is 19.3 Å². The fourth-order valence-corrected chi connectivity index (χ4v) is 5.30. The highest BCUT2D eigenvalue weighted by Gasteiger charge is 2.20. The van der Waals surface area contributed by atoms with Crippen LogP contribution in [-0.4, -0.2) is 50.0 Å². The van der Waals surface area contributed by atoms with Gasteiger partial charge in [0.15, 0.2) is 11.5 Å². The lowest BCUT2D eigenvalue weighted by Gasteiger charge is -2.19. The van der Waals surface area contributed by atoms with E-state index in [1.54, 1.807) is 70.7 Å². The fourth-order valence-electron chi connectivity index (χ4n) is 4.40. The molecule has 0 N–H and O–H groups in total. The third-order valence-corrected chi connectivity index (χ3v) is 7.16. The summed E-state index contributed by atoms with van der Waals surface area (Å²) in [4.78, 5) is 18.1. The maximum absolute atomic E-state index is 12.2. The van der Waals surface area contributed by atoms with Crippen LogP contribution in [0.2, 0.25) is 0 Å². The molecule has 4 rings (SSSR count). The number of nitrogens with zero attached hydrogens (tertiary/aromatic N) is 3. The predicted octanol–water partition coefficient (Wildman–Crippen LogP) is 6.67. The van der Waals surface area contributed by atoms with E-state index in [-0.39, 0.29) is 11.8 Å². The van der Waals surface area contributed by atoms with Crippen LogP contribution in [0.4, 0.5) is 4.79 Å². The largest absolute Gasteiger partial charge is 0.514 e. The molecule has 0 radical (unpaired) electrons. The molecule has 0 saturated heterocycles. The molecule has 3 aromatic rings. The lowest BCUT2D eigenvalue weighted by atomic mass is 9.96. The minimum absolute atomic E-state index is 0.256. The minimum Gasteiger partial charge on any atom is -0.497 e. The van der Waals surface area contributed by atoms with Crippen LogP contribution >= 0.6 is 11.3 Å². The van der Waals surface area contributed by atoms with Crippen molar-refractivity contribution < 1.29 is 28.5 Å². The highest BCUT2D eigenvalue weighted by molar-refractivity contribution is 7.07.